The molecule has 2 N–H and O–H groups in total. The van der Waals surface area contributed by atoms with E-state index in [1.807, 2.05) is 19.1 Å². The lowest BCUT2D eigenvalue weighted by Gasteiger charge is -2.16. The lowest BCUT2D eigenvalue weighted by atomic mass is 10.0. The molecule has 5 heteroatoms. The summed E-state index contributed by atoms with van der Waals surface area (Å²) < 4.78 is 16.0. The summed E-state index contributed by atoms with van der Waals surface area (Å²) >= 11 is 0. The van der Waals surface area contributed by atoms with Gasteiger partial charge in [0.2, 0.25) is 0 Å². The van der Waals surface area contributed by atoms with Crippen LogP contribution in [0.5, 0.6) is 11.5 Å². The van der Waals surface area contributed by atoms with Crippen LogP contribution in [0.2, 0.25) is 0 Å². The molecule has 1 rings (SSSR count). The maximum absolute atomic E-state index is 5.86. The molecule has 0 unspecified atom stereocenters. The van der Waals surface area contributed by atoms with Crippen molar-refractivity contribution in [2.24, 2.45) is 5.73 Å². The van der Waals surface area contributed by atoms with Crippen LogP contribution in [0.1, 0.15) is 24.5 Å². The number of hydrogen-bond donors (Lipinski definition) is 1. The number of halogens is 1. The normalized spacial score (nSPS) is 11.7. The molecule has 0 amide bonds. The molecule has 0 fully saturated rings. The molecule has 0 radical (unpaired) electrons. The third-order valence-electron chi connectivity index (χ3n) is 3.02. The van der Waals surface area contributed by atoms with Crippen LogP contribution in [0.25, 0.3) is 0 Å². The first-order valence-corrected chi connectivity index (χ1v) is 6.60. The second-order valence-electron chi connectivity index (χ2n) is 4.75. The average Bonchev–Trinajstić information content (AvgIpc) is 2.39. The minimum atomic E-state index is 0. The molecule has 0 aliphatic heterocycles. The summed E-state index contributed by atoms with van der Waals surface area (Å²) in [4.78, 5) is 0. The lowest BCUT2D eigenvalue weighted by molar-refractivity contribution is 0.195. The van der Waals surface area contributed by atoms with Crippen molar-refractivity contribution in [3.63, 3.8) is 0 Å². The highest BCUT2D eigenvalue weighted by Crippen LogP contribution is 2.30. The fourth-order valence-corrected chi connectivity index (χ4v) is 2.13. The molecule has 20 heavy (non-hydrogen) atoms. The molecule has 1 aromatic carbocycles. The van der Waals surface area contributed by atoms with Crippen LogP contribution < -0.4 is 15.2 Å². The maximum atomic E-state index is 5.86. The molecule has 1 atom stereocenters. The number of hydrogen-bond acceptors (Lipinski definition) is 4. The number of aryl methyl sites for hydroxylation is 1. The summed E-state index contributed by atoms with van der Waals surface area (Å²) in [6, 6.07) is 4.18. The average molecular weight is 304 g/mol. The minimum absolute atomic E-state index is 0. The molecule has 0 bridgehead atoms. The van der Waals surface area contributed by atoms with Gasteiger partial charge < -0.3 is 19.9 Å². The zero-order chi connectivity index (χ0) is 14.3. The molecule has 0 aliphatic rings. The second-order valence-corrected chi connectivity index (χ2v) is 4.75. The third-order valence-corrected chi connectivity index (χ3v) is 3.02. The Kier molecular flexibility index (Phi) is 9.38. The zero-order valence-electron chi connectivity index (χ0n) is 12.8. The van der Waals surface area contributed by atoms with Gasteiger partial charge in [0, 0.05) is 19.8 Å². The van der Waals surface area contributed by atoms with Crippen molar-refractivity contribution in [2.75, 3.05) is 27.9 Å². The highest BCUT2D eigenvalue weighted by atomic mass is 35.5. The van der Waals surface area contributed by atoms with Crippen molar-refractivity contribution >= 4 is 12.4 Å². The predicted octanol–water partition coefficient (Wildman–Crippen LogP) is 2.59. The van der Waals surface area contributed by atoms with Gasteiger partial charge in [-0.15, -0.1) is 12.4 Å². The number of benzene rings is 1. The number of rotatable bonds is 8. The molecule has 0 saturated carbocycles. The van der Waals surface area contributed by atoms with Crippen LogP contribution >= 0.6 is 12.4 Å². The molecular formula is C15H26ClNO3. The van der Waals surface area contributed by atoms with Crippen molar-refractivity contribution in [2.45, 2.75) is 32.2 Å². The van der Waals surface area contributed by atoms with E-state index in [-0.39, 0.29) is 18.4 Å². The topological polar surface area (TPSA) is 53.7 Å². The molecule has 0 saturated heterocycles. The van der Waals surface area contributed by atoms with Gasteiger partial charge in [-0.25, -0.2) is 0 Å². The highest BCUT2D eigenvalue weighted by Gasteiger charge is 2.12. The number of nitrogens with two attached hydrogens (primary N) is 1. The van der Waals surface area contributed by atoms with Crippen LogP contribution in [-0.4, -0.2) is 34.0 Å². The fourth-order valence-electron chi connectivity index (χ4n) is 2.13. The predicted molar refractivity (Wildman–Crippen MR) is 84.3 cm³/mol. The molecule has 0 aliphatic carbocycles. The molecule has 0 heterocycles. The van der Waals surface area contributed by atoms with Crippen molar-refractivity contribution in [3.05, 3.63) is 23.3 Å². The van der Waals surface area contributed by atoms with Crippen molar-refractivity contribution in [3.8, 4) is 11.5 Å². The first-order valence-electron chi connectivity index (χ1n) is 6.60. The summed E-state index contributed by atoms with van der Waals surface area (Å²) in [5.74, 6) is 1.78. The van der Waals surface area contributed by atoms with Crippen LogP contribution in [-0.2, 0) is 17.6 Å². The van der Waals surface area contributed by atoms with Gasteiger partial charge in [0.15, 0.2) is 0 Å². The van der Waals surface area contributed by atoms with Crippen molar-refractivity contribution in [1.82, 2.24) is 0 Å². The molecule has 4 nitrogen and oxygen atoms in total. The SMILES string of the molecule is COCCCc1cc(OC)c(C[C@@H](C)N)cc1OC.Cl. The van der Waals surface area contributed by atoms with Gasteiger partial charge in [0.25, 0.3) is 0 Å². The van der Waals surface area contributed by atoms with E-state index in [0.717, 1.165) is 48.5 Å². The van der Waals surface area contributed by atoms with E-state index in [2.05, 4.69) is 0 Å². The Morgan fingerprint density at radius 1 is 1.05 bits per heavy atom. The second kappa shape index (κ2) is 9.86. The van der Waals surface area contributed by atoms with E-state index in [1.54, 1.807) is 21.3 Å². The van der Waals surface area contributed by atoms with Gasteiger partial charge in [-0.2, -0.15) is 0 Å². The molecule has 1 aromatic rings. The van der Waals surface area contributed by atoms with E-state index < -0.39 is 0 Å². The summed E-state index contributed by atoms with van der Waals surface area (Å²) in [7, 11) is 5.09. The highest BCUT2D eigenvalue weighted by molar-refractivity contribution is 5.85. The van der Waals surface area contributed by atoms with Gasteiger partial charge in [0.1, 0.15) is 11.5 Å². The third kappa shape index (κ3) is 5.57. The largest absolute Gasteiger partial charge is 0.496 e. The van der Waals surface area contributed by atoms with Gasteiger partial charge >= 0.3 is 0 Å². The van der Waals surface area contributed by atoms with Crippen molar-refractivity contribution < 1.29 is 14.2 Å². The minimum Gasteiger partial charge on any atom is -0.496 e. The van der Waals surface area contributed by atoms with Gasteiger partial charge in [-0.1, -0.05) is 0 Å². The van der Waals surface area contributed by atoms with E-state index in [9.17, 15) is 0 Å². The molecule has 0 aromatic heterocycles. The Morgan fingerprint density at radius 2 is 1.60 bits per heavy atom. The molecular weight excluding hydrogens is 278 g/mol. The van der Waals surface area contributed by atoms with Crippen LogP contribution in [0.15, 0.2) is 12.1 Å². The fraction of sp³-hybridized carbons (Fsp3) is 0.600. The summed E-state index contributed by atoms with van der Waals surface area (Å²) in [5.41, 5.74) is 8.09. The Bertz CT molecular complexity index is 397. The van der Waals surface area contributed by atoms with E-state index >= 15 is 0 Å². The summed E-state index contributed by atoms with van der Waals surface area (Å²) in [6.07, 6.45) is 2.65. The molecule has 116 valence electrons. The summed E-state index contributed by atoms with van der Waals surface area (Å²) in [6.45, 7) is 2.73. The maximum Gasteiger partial charge on any atom is 0.122 e. The molecule has 0 spiro atoms. The number of methoxy groups -OCH3 is 3. The van der Waals surface area contributed by atoms with Crippen LogP contribution in [0, 0.1) is 0 Å². The smallest absolute Gasteiger partial charge is 0.122 e. The van der Waals surface area contributed by atoms with Gasteiger partial charge in [-0.05, 0) is 49.4 Å². The first kappa shape index (κ1) is 19.0. The van der Waals surface area contributed by atoms with E-state index in [4.69, 9.17) is 19.9 Å². The Balaban J connectivity index is 0.00000361. The standard InChI is InChI=1S/C15H25NO3.ClH/c1-11(16)8-13-10-14(18-3)12(6-5-7-17-2)9-15(13)19-4;/h9-11H,5-8,16H2,1-4H3;1H/t11-;/m1./s1. The Labute approximate surface area is 128 Å². The van der Waals surface area contributed by atoms with E-state index in [1.165, 1.54) is 0 Å². The zero-order valence-corrected chi connectivity index (χ0v) is 13.6. The Morgan fingerprint density at radius 3 is 2.10 bits per heavy atom. The quantitative estimate of drug-likeness (QED) is 0.750. The Hall–Kier alpha value is -0.970. The summed E-state index contributed by atoms with van der Waals surface area (Å²) in [5, 5.41) is 0. The van der Waals surface area contributed by atoms with Gasteiger partial charge in [-0.3, -0.25) is 0 Å². The van der Waals surface area contributed by atoms with E-state index in [0.29, 0.717) is 0 Å². The van der Waals surface area contributed by atoms with Crippen LogP contribution in [0.3, 0.4) is 0 Å². The van der Waals surface area contributed by atoms with Crippen molar-refractivity contribution in [1.29, 1.82) is 0 Å². The first-order chi connectivity index (χ1) is 9.12. The lowest BCUT2D eigenvalue weighted by Crippen LogP contribution is -2.18. The number of ether oxygens (including phenoxy) is 3. The monoisotopic (exact) mass is 303 g/mol. The van der Waals surface area contributed by atoms with Crippen LogP contribution in [0.4, 0.5) is 0 Å². The van der Waals surface area contributed by atoms with Gasteiger partial charge in [0.05, 0.1) is 14.2 Å².